The van der Waals surface area contributed by atoms with Crippen LogP contribution in [0.5, 0.6) is 0 Å². The van der Waals surface area contributed by atoms with Crippen molar-refractivity contribution in [3.63, 3.8) is 0 Å². The molecule has 18 heavy (non-hydrogen) atoms. The standard InChI is InChI=1S/C11H15ClN2O3S/c1-6(12)4-13-11(17)14-8(10(15)16)5-18-9(14)7-2-3-7/h7-9H,1-5H2,(H,13,17)(H,15,16). The van der Waals surface area contributed by atoms with Gasteiger partial charge in [0.1, 0.15) is 6.04 Å². The van der Waals surface area contributed by atoms with E-state index < -0.39 is 12.0 Å². The predicted octanol–water partition coefficient (Wildman–Crippen LogP) is 1.69. The molecule has 2 fully saturated rings. The fourth-order valence-electron chi connectivity index (χ4n) is 1.98. The lowest BCUT2D eigenvalue weighted by Gasteiger charge is -2.27. The van der Waals surface area contributed by atoms with Gasteiger partial charge in [-0.3, -0.25) is 4.90 Å². The zero-order valence-electron chi connectivity index (χ0n) is 9.76. The summed E-state index contributed by atoms with van der Waals surface area (Å²) in [7, 11) is 0. The van der Waals surface area contributed by atoms with Gasteiger partial charge in [-0.25, -0.2) is 9.59 Å². The summed E-state index contributed by atoms with van der Waals surface area (Å²) >= 11 is 7.14. The molecule has 2 amide bonds. The number of nitrogens with zero attached hydrogens (tertiary/aromatic N) is 1. The Labute approximate surface area is 115 Å². The average molecular weight is 291 g/mol. The van der Waals surface area contributed by atoms with Crippen molar-refractivity contribution in [3.05, 3.63) is 11.6 Å². The van der Waals surface area contributed by atoms with E-state index in [1.54, 1.807) is 11.8 Å². The summed E-state index contributed by atoms with van der Waals surface area (Å²) in [6.07, 6.45) is 2.13. The van der Waals surface area contributed by atoms with E-state index in [2.05, 4.69) is 11.9 Å². The number of thioether (sulfide) groups is 1. The molecule has 2 rings (SSSR count). The summed E-state index contributed by atoms with van der Waals surface area (Å²) in [5.41, 5.74) is 0. The molecule has 7 heteroatoms. The number of halogens is 1. The Kier molecular flexibility index (Phi) is 4.07. The third-order valence-electron chi connectivity index (χ3n) is 3.01. The normalized spacial score (nSPS) is 27.1. The first-order chi connectivity index (χ1) is 8.50. The number of rotatable bonds is 4. The van der Waals surface area contributed by atoms with Crippen LogP contribution in [0.4, 0.5) is 4.79 Å². The Morgan fingerprint density at radius 1 is 1.50 bits per heavy atom. The highest BCUT2D eigenvalue weighted by Crippen LogP contribution is 2.45. The summed E-state index contributed by atoms with van der Waals surface area (Å²) in [6.45, 7) is 3.64. The van der Waals surface area contributed by atoms with Crippen molar-refractivity contribution < 1.29 is 14.7 Å². The number of hydrogen-bond donors (Lipinski definition) is 2. The SMILES string of the molecule is C=C(Cl)CNC(=O)N1C(C(=O)O)CSC1C1CC1. The number of carbonyl (C=O) groups excluding carboxylic acids is 1. The van der Waals surface area contributed by atoms with Gasteiger partial charge in [-0.05, 0) is 18.8 Å². The van der Waals surface area contributed by atoms with Gasteiger partial charge in [-0.15, -0.1) is 11.8 Å². The van der Waals surface area contributed by atoms with E-state index in [-0.39, 0.29) is 17.9 Å². The Morgan fingerprint density at radius 3 is 2.67 bits per heavy atom. The van der Waals surface area contributed by atoms with E-state index in [0.29, 0.717) is 16.7 Å². The molecule has 100 valence electrons. The minimum Gasteiger partial charge on any atom is -0.480 e. The number of aliphatic carboxylic acids is 1. The molecule has 1 aliphatic heterocycles. The fraction of sp³-hybridized carbons (Fsp3) is 0.636. The molecule has 5 nitrogen and oxygen atoms in total. The van der Waals surface area contributed by atoms with Crippen LogP contribution < -0.4 is 5.32 Å². The van der Waals surface area contributed by atoms with Gasteiger partial charge in [0, 0.05) is 10.8 Å². The van der Waals surface area contributed by atoms with E-state index in [9.17, 15) is 9.59 Å². The molecule has 0 aromatic carbocycles. The summed E-state index contributed by atoms with van der Waals surface area (Å²) in [5, 5.41) is 12.1. The average Bonchev–Trinajstić information content (AvgIpc) is 3.04. The molecule has 1 saturated carbocycles. The van der Waals surface area contributed by atoms with Crippen molar-refractivity contribution >= 4 is 35.4 Å². The Balaban J connectivity index is 2.05. The predicted molar refractivity (Wildman–Crippen MR) is 70.6 cm³/mol. The Morgan fingerprint density at radius 2 is 2.17 bits per heavy atom. The van der Waals surface area contributed by atoms with Gasteiger partial charge in [0.15, 0.2) is 0 Å². The maximum absolute atomic E-state index is 12.0. The van der Waals surface area contributed by atoms with Crippen molar-refractivity contribution in [3.8, 4) is 0 Å². The van der Waals surface area contributed by atoms with Gasteiger partial charge in [0.2, 0.25) is 0 Å². The molecule has 0 aromatic rings. The van der Waals surface area contributed by atoms with Crippen LogP contribution in [0.1, 0.15) is 12.8 Å². The second-order valence-electron chi connectivity index (χ2n) is 4.50. The molecule has 2 atom stereocenters. The first-order valence-electron chi connectivity index (χ1n) is 5.74. The summed E-state index contributed by atoms with van der Waals surface area (Å²) < 4.78 is 0. The Hall–Kier alpha value is -0.880. The summed E-state index contributed by atoms with van der Waals surface area (Å²) in [5.74, 6) is -0.0686. The number of carboxylic acids is 1. The van der Waals surface area contributed by atoms with Gasteiger partial charge in [-0.2, -0.15) is 0 Å². The fourth-order valence-corrected chi connectivity index (χ4v) is 3.68. The van der Waals surface area contributed by atoms with Crippen LogP contribution in [0.2, 0.25) is 0 Å². The number of carbonyl (C=O) groups is 2. The van der Waals surface area contributed by atoms with Gasteiger partial charge < -0.3 is 10.4 Å². The zero-order valence-corrected chi connectivity index (χ0v) is 11.3. The molecule has 0 spiro atoms. The Bertz CT molecular complexity index is 386. The number of carboxylic acid groups (broad SMARTS) is 1. The first kappa shape index (κ1) is 13.5. The van der Waals surface area contributed by atoms with E-state index in [1.165, 1.54) is 4.90 Å². The van der Waals surface area contributed by atoms with Crippen LogP contribution >= 0.6 is 23.4 Å². The third-order valence-corrected chi connectivity index (χ3v) is 4.61. The molecule has 0 radical (unpaired) electrons. The summed E-state index contributed by atoms with van der Waals surface area (Å²) in [4.78, 5) is 24.7. The minimum absolute atomic E-state index is 0.0188. The largest absolute Gasteiger partial charge is 0.480 e. The quantitative estimate of drug-likeness (QED) is 0.827. The van der Waals surface area contributed by atoms with Crippen LogP contribution in [-0.4, -0.2) is 45.7 Å². The van der Waals surface area contributed by atoms with E-state index in [4.69, 9.17) is 16.7 Å². The van der Waals surface area contributed by atoms with Crippen LogP contribution in [0.15, 0.2) is 11.6 Å². The second-order valence-corrected chi connectivity index (χ2v) is 6.18. The molecular formula is C11H15ClN2O3S. The van der Waals surface area contributed by atoms with Gasteiger partial charge in [0.05, 0.1) is 11.9 Å². The molecule has 1 heterocycles. The van der Waals surface area contributed by atoms with Crippen molar-refractivity contribution in [1.82, 2.24) is 10.2 Å². The van der Waals surface area contributed by atoms with Crippen LogP contribution in [-0.2, 0) is 4.79 Å². The molecule has 2 N–H and O–H groups in total. The minimum atomic E-state index is -0.953. The van der Waals surface area contributed by atoms with Crippen molar-refractivity contribution in [2.45, 2.75) is 24.3 Å². The van der Waals surface area contributed by atoms with Crippen LogP contribution in [0, 0.1) is 5.92 Å². The van der Waals surface area contributed by atoms with E-state index in [0.717, 1.165) is 12.8 Å². The highest BCUT2D eigenvalue weighted by atomic mass is 35.5. The lowest BCUT2D eigenvalue weighted by molar-refractivity contribution is -0.141. The molecule has 2 unspecified atom stereocenters. The van der Waals surface area contributed by atoms with E-state index in [1.807, 2.05) is 0 Å². The van der Waals surface area contributed by atoms with Gasteiger partial charge in [0.25, 0.3) is 0 Å². The molecule has 0 aromatic heterocycles. The molecule has 1 aliphatic carbocycles. The van der Waals surface area contributed by atoms with Gasteiger partial charge >= 0.3 is 12.0 Å². The van der Waals surface area contributed by atoms with E-state index >= 15 is 0 Å². The maximum atomic E-state index is 12.0. The first-order valence-corrected chi connectivity index (χ1v) is 7.17. The lowest BCUT2D eigenvalue weighted by atomic mass is 10.2. The number of hydrogen-bond acceptors (Lipinski definition) is 3. The van der Waals surface area contributed by atoms with Crippen LogP contribution in [0.3, 0.4) is 0 Å². The highest BCUT2D eigenvalue weighted by Gasteiger charge is 2.48. The smallest absolute Gasteiger partial charge is 0.327 e. The topological polar surface area (TPSA) is 69.6 Å². The van der Waals surface area contributed by atoms with Crippen LogP contribution in [0.25, 0.3) is 0 Å². The van der Waals surface area contributed by atoms with Crippen molar-refractivity contribution in [2.75, 3.05) is 12.3 Å². The molecule has 0 bridgehead atoms. The van der Waals surface area contributed by atoms with Gasteiger partial charge in [-0.1, -0.05) is 18.2 Å². The number of urea groups is 1. The summed E-state index contributed by atoms with van der Waals surface area (Å²) in [6, 6.07) is -1.12. The third kappa shape index (κ3) is 2.92. The maximum Gasteiger partial charge on any atom is 0.327 e. The zero-order chi connectivity index (χ0) is 13.3. The monoisotopic (exact) mass is 290 g/mol. The highest BCUT2D eigenvalue weighted by molar-refractivity contribution is 8.00. The van der Waals surface area contributed by atoms with Crippen molar-refractivity contribution in [2.24, 2.45) is 5.92 Å². The molecule has 1 saturated heterocycles. The lowest BCUT2D eigenvalue weighted by Crippen LogP contribution is -2.50. The molecular weight excluding hydrogens is 276 g/mol. The number of nitrogens with one attached hydrogen (secondary N) is 1. The molecule has 2 aliphatic rings. The second kappa shape index (κ2) is 5.40. The number of amides is 2. The van der Waals surface area contributed by atoms with Crippen molar-refractivity contribution in [1.29, 1.82) is 0 Å².